The first-order chi connectivity index (χ1) is 13.4. The van der Waals surface area contributed by atoms with E-state index in [2.05, 4.69) is 4.99 Å². The molecule has 2 fully saturated rings. The van der Waals surface area contributed by atoms with Gasteiger partial charge < -0.3 is 9.64 Å². The number of ether oxygens (including phenoxy) is 1. The quantitative estimate of drug-likeness (QED) is 0.733. The summed E-state index contributed by atoms with van der Waals surface area (Å²) in [6.45, 7) is -0.196. The third kappa shape index (κ3) is 4.04. The van der Waals surface area contributed by atoms with Crippen molar-refractivity contribution < 1.29 is 17.9 Å². The van der Waals surface area contributed by atoms with Gasteiger partial charge >= 0.3 is 0 Å². The molecule has 2 aliphatic heterocycles. The summed E-state index contributed by atoms with van der Waals surface area (Å²) in [5.74, 6) is 0.230. The zero-order valence-electron chi connectivity index (χ0n) is 14.7. The van der Waals surface area contributed by atoms with Crippen LogP contribution >= 0.6 is 23.4 Å². The summed E-state index contributed by atoms with van der Waals surface area (Å²) in [5, 5.41) is 0.760. The molecule has 0 aliphatic carbocycles. The van der Waals surface area contributed by atoms with E-state index in [-0.39, 0.29) is 29.4 Å². The summed E-state index contributed by atoms with van der Waals surface area (Å²) in [4.78, 5) is 18.4. The Balaban J connectivity index is 1.59. The second-order valence-corrected chi connectivity index (χ2v) is 10.3. The van der Waals surface area contributed by atoms with E-state index in [1.807, 2.05) is 24.3 Å². The topological polar surface area (TPSA) is 76.0 Å². The molecule has 28 heavy (non-hydrogen) atoms. The molecule has 1 amide bonds. The van der Waals surface area contributed by atoms with Crippen LogP contribution in [-0.4, -0.2) is 48.9 Å². The number of thioether (sulfide) groups is 1. The van der Waals surface area contributed by atoms with Gasteiger partial charge in [-0.05, 0) is 24.3 Å². The summed E-state index contributed by atoms with van der Waals surface area (Å²) >= 11 is 7.65. The van der Waals surface area contributed by atoms with Crippen LogP contribution in [0.4, 0.5) is 5.69 Å². The summed E-state index contributed by atoms with van der Waals surface area (Å²) in [6, 6.07) is 15.9. The molecule has 2 atom stereocenters. The molecular formula is C19H17ClN2O4S2. The summed E-state index contributed by atoms with van der Waals surface area (Å²) in [5.41, 5.74) is 0.650. The summed E-state index contributed by atoms with van der Waals surface area (Å²) in [7, 11) is -3.13. The lowest BCUT2D eigenvalue weighted by atomic mass is 10.2. The maximum Gasteiger partial charge on any atom is 0.285 e. The molecule has 2 aromatic carbocycles. The first kappa shape index (κ1) is 19.3. The van der Waals surface area contributed by atoms with Crippen LogP contribution in [0.2, 0.25) is 5.02 Å². The molecule has 0 spiro atoms. The smallest absolute Gasteiger partial charge is 0.285 e. The molecular weight excluding hydrogens is 420 g/mol. The molecule has 146 valence electrons. The van der Waals surface area contributed by atoms with Gasteiger partial charge in [-0.25, -0.2) is 8.42 Å². The largest absolute Gasteiger partial charge is 0.484 e. The van der Waals surface area contributed by atoms with E-state index in [1.165, 1.54) is 11.8 Å². The molecule has 0 saturated carbocycles. The number of aliphatic imine (C=N–C) groups is 1. The van der Waals surface area contributed by atoms with Gasteiger partial charge in [-0.15, -0.1) is 0 Å². The Kier molecular flexibility index (Phi) is 5.35. The van der Waals surface area contributed by atoms with Crippen molar-refractivity contribution in [2.75, 3.05) is 23.0 Å². The zero-order chi connectivity index (χ0) is 19.7. The highest BCUT2D eigenvalue weighted by atomic mass is 35.5. The van der Waals surface area contributed by atoms with Gasteiger partial charge in [0.25, 0.3) is 5.91 Å². The van der Waals surface area contributed by atoms with Gasteiger partial charge in [0, 0.05) is 5.25 Å². The lowest BCUT2D eigenvalue weighted by Gasteiger charge is -2.25. The van der Waals surface area contributed by atoms with E-state index in [0.29, 0.717) is 21.6 Å². The fourth-order valence-electron chi connectivity index (χ4n) is 3.29. The minimum absolute atomic E-state index is 0.0175. The molecule has 0 N–H and O–H groups in total. The Hall–Kier alpha value is -2.03. The number of fused-ring (bicyclic) bond motifs is 1. The highest BCUT2D eigenvalue weighted by Gasteiger charge is 2.49. The maximum absolute atomic E-state index is 12.4. The molecule has 2 aliphatic rings. The monoisotopic (exact) mass is 436 g/mol. The van der Waals surface area contributed by atoms with Crippen LogP contribution < -0.4 is 9.64 Å². The first-order valence-corrected chi connectivity index (χ1v) is 11.7. The standard InChI is InChI=1S/C19H17ClN2O4S2/c20-14-8-4-5-9-15(14)22-16-11-28(24,25)12-17(16)27-19(22)21-18(23)10-26-13-6-2-1-3-7-13/h1-9,16-17H,10-12H2/t16-,17+/m1/s1. The first-order valence-electron chi connectivity index (χ1n) is 8.63. The van der Waals surface area contributed by atoms with Gasteiger partial charge in [-0.3, -0.25) is 4.79 Å². The molecule has 4 rings (SSSR count). The van der Waals surface area contributed by atoms with Crippen molar-refractivity contribution in [2.45, 2.75) is 11.3 Å². The lowest BCUT2D eigenvalue weighted by Crippen LogP contribution is -2.38. The van der Waals surface area contributed by atoms with Crippen LogP contribution in [0.15, 0.2) is 59.6 Å². The van der Waals surface area contributed by atoms with E-state index in [0.717, 1.165) is 0 Å². The number of anilines is 1. The van der Waals surface area contributed by atoms with Crippen LogP contribution in [0.25, 0.3) is 0 Å². The van der Waals surface area contributed by atoms with Gasteiger partial charge in [0.2, 0.25) is 0 Å². The van der Waals surface area contributed by atoms with E-state index in [9.17, 15) is 13.2 Å². The third-order valence-corrected chi connectivity index (χ3v) is 8.03. The fourth-order valence-corrected chi connectivity index (χ4v) is 7.44. The molecule has 2 heterocycles. The number of halogens is 1. The van der Waals surface area contributed by atoms with Crippen LogP contribution in [-0.2, 0) is 14.6 Å². The zero-order valence-corrected chi connectivity index (χ0v) is 17.1. The van der Waals surface area contributed by atoms with E-state index >= 15 is 0 Å². The number of sulfone groups is 1. The Morgan fingerprint density at radius 2 is 1.86 bits per heavy atom. The van der Waals surface area contributed by atoms with Gasteiger partial charge in [0.05, 0.1) is 28.3 Å². The van der Waals surface area contributed by atoms with Gasteiger partial charge in [-0.1, -0.05) is 53.7 Å². The van der Waals surface area contributed by atoms with Gasteiger partial charge in [0.1, 0.15) is 5.75 Å². The Morgan fingerprint density at radius 3 is 2.61 bits per heavy atom. The van der Waals surface area contributed by atoms with E-state index in [1.54, 1.807) is 35.2 Å². The highest BCUT2D eigenvalue weighted by molar-refractivity contribution is 8.16. The normalized spacial score (nSPS) is 24.3. The number of hydrogen-bond donors (Lipinski definition) is 0. The van der Waals surface area contributed by atoms with Crippen molar-refractivity contribution in [1.29, 1.82) is 0 Å². The Labute approximate surface area is 172 Å². The number of benzene rings is 2. The average Bonchev–Trinajstić information content (AvgIpc) is 3.12. The SMILES string of the molecule is O=C(COc1ccccc1)N=C1S[C@H]2CS(=O)(=O)C[C@H]2N1c1ccccc1Cl. The van der Waals surface area contributed by atoms with Gasteiger partial charge in [-0.2, -0.15) is 4.99 Å². The Morgan fingerprint density at radius 1 is 1.14 bits per heavy atom. The van der Waals surface area contributed by atoms with Crippen molar-refractivity contribution >= 4 is 50.0 Å². The van der Waals surface area contributed by atoms with Crippen LogP contribution in [0.5, 0.6) is 5.75 Å². The number of nitrogens with zero attached hydrogens (tertiary/aromatic N) is 2. The average molecular weight is 437 g/mol. The molecule has 0 radical (unpaired) electrons. The van der Waals surface area contributed by atoms with Crippen molar-refractivity contribution in [3.8, 4) is 5.75 Å². The van der Waals surface area contributed by atoms with Gasteiger partial charge in [0.15, 0.2) is 21.6 Å². The maximum atomic E-state index is 12.4. The second-order valence-electron chi connectivity index (χ2n) is 6.51. The predicted octanol–water partition coefficient (Wildman–Crippen LogP) is 3.02. The number of rotatable bonds is 4. The minimum atomic E-state index is -3.13. The molecule has 0 bridgehead atoms. The van der Waals surface area contributed by atoms with E-state index < -0.39 is 15.7 Å². The van der Waals surface area contributed by atoms with Crippen molar-refractivity contribution in [1.82, 2.24) is 0 Å². The highest BCUT2D eigenvalue weighted by Crippen LogP contribution is 2.42. The third-order valence-electron chi connectivity index (χ3n) is 4.50. The van der Waals surface area contributed by atoms with Crippen molar-refractivity contribution in [3.05, 3.63) is 59.6 Å². The van der Waals surface area contributed by atoms with E-state index in [4.69, 9.17) is 16.3 Å². The minimum Gasteiger partial charge on any atom is -0.484 e. The number of carbonyl (C=O) groups excluding carboxylic acids is 1. The molecule has 6 nitrogen and oxygen atoms in total. The summed E-state index contributed by atoms with van der Waals surface area (Å²) in [6.07, 6.45) is 0. The fraction of sp³-hybridized carbons (Fsp3) is 0.263. The van der Waals surface area contributed by atoms with Crippen molar-refractivity contribution in [2.24, 2.45) is 4.99 Å². The molecule has 9 heteroatoms. The number of carbonyl (C=O) groups is 1. The van der Waals surface area contributed by atoms with Crippen LogP contribution in [0.3, 0.4) is 0 Å². The molecule has 0 unspecified atom stereocenters. The molecule has 2 saturated heterocycles. The van der Waals surface area contributed by atoms with Crippen molar-refractivity contribution in [3.63, 3.8) is 0 Å². The number of amidine groups is 1. The van der Waals surface area contributed by atoms with Crippen LogP contribution in [0, 0.1) is 0 Å². The number of amides is 1. The van der Waals surface area contributed by atoms with Crippen LogP contribution in [0.1, 0.15) is 0 Å². The summed E-state index contributed by atoms with van der Waals surface area (Å²) < 4.78 is 29.7. The number of hydrogen-bond acceptors (Lipinski definition) is 5. The molecule has 2 aromatic rings. The molecule has 0 aromatic heterocycles. The lowest BCUT2D eigenvalue weighted by molar-refractivity contribution is -0.119. The Bertz CT molecular complexity index is 1030. The second kappa shape index (κ2) is 7.77. The number of para-hydroxylation sites is 2. The predicted molar refractivity (Wildman–Crippen MR) is 112 cm³/mol.